The Balaban J connectivity index is 1.98. The molecule has 11 heteroatoms. The summed E-state index contributed by atoms with van der Waals surface area (Å²) in [5, 5.41) is 0. The van der Waals surface area contributed by atoms with Gasteiger partial charge in [-0.3, -0.25) is 0 Å². The van der Waals surface area contributed by atoms with Crippen molar-refractivity contribution in [3.63, 3.8) is 0 Å². The van der Waals surface area contributed by atoms with Crippen molar-refractivity contribution in [3.8, 4) is 5.75 Å². The fourth-order valence-electron chi connectivity index (χ4n) is 2.65. The quantitative estimate of drug-likeness (QED) is 0.790. The molecule has 0 aliphatic heterocycles. The van der Waals surface area contributed by atoms with E-state index in [0.29, 0.717) is 0 Å². The van der Waals surface area contributed by atoms with Crippen LogP contribution in [0.2, 0.25) is 0 Å². The minimum absolute atomic E-state index is 0.0404. The summed E-state index contributed by atoms with van der Waals surface area (Å²) in [5.74, 6) is -2.01. The second-order valence-electron chi connectivity index (χ2n) is 5.73. The van der Waals surface area contributed by atoms with Crippen LogP contribution < -0.4 is 9.46 Å². The van der Waals surface area contributed by atoms with E-state index < -0.39 is 40.3 Å². The molecule has 1 fully saturated rings. The van der Waals surface area contributed by atoms with Gasteiger partial charge in [0.1, 0.15) is 5.75 Å². The Morgan fingerprint density at radius 2 is 1.44 bits per heavy atom. The zero-order valence-electron chi connectivity index (χ0n) is 12.7. The lowest BCUT2D eigenvalue weighted by molar-refractivity contribution is -0.274. The molecular weight excluding hydrogens is 376 g/mol. The molecule has 0 saturated heterocycles. The number of halogens is 6. The fourth-order valence-corrected chi connectivity index (χ4v) is 3.95. The monoisotopic (exact) mass is 391 g/mol. The van der Waals surface area contributed by atoms with Crippen molar-refractivity contribution in [2.45, 2.75) is 49.2 Å². The summed E-state index contributed by atoms with van der Waals surface area (Å²) in [4.78, 5) is -0.292. The van der Waals surface area contributed by atoms with E-state index in [2.05, 4.69) is 9.46 Å². The van der Waals surface area contributed by atoms with Gasteiger partial charge in [-0.05, 0) is 49.9 Å². The van der Waals surface area contributed by atoms with Crippen LogP contribution in [-0.2, 0) is 10.0 Å². The van der Waals surface area contributed by atoms with Gasteiger partial charge >= 0.3 is 12.5 Å². The smallest absolute Gasteiger partial charge is 0.406 e. The summed E-state index contributed by atoms with van der Waals surface area (Å²) in [6, 6.07) is 2.93. The molecule has 1 aromatic rings. The maximum atomic E-state index is 12.6. The molecule has 0 spiro atoms. The Morgan fingerprint density at radius 3 is 1.88 bits per heavy atom. The van der Waals surface area contributed by atoms with E-state index in [1.54, 1.807) is 0 Å². The first-order chi connectivity index (χ1) is 11.4. The molecule has 0 amide bonds. The van der Waals surface area contributed by atoms with Crippen molar-refractivity contribution >= 4 is 10.0 Å². The Morgan fingerprint density at radius 1 is 0.920 bits per heavy atom. The molecule has 0 aromatic heterocycles. The van der Waals surface area contributed by atoms with E-state index in [1.807, 2.05) is 0 Å². The summed E-state index contributed by atoms with van der Waals surface area (Å²) < 4.78 is 104. The number of sulfonamides is 1. The van der Waals surface area contributed by atoms with Gasteiger partial charge in [-0.1, -0.05) is 0 Å². The Kier molecular flexibility index (Phi) is 5.57. The number of hydrogen-bond donors (Lipinski definition) is 1. The molecular formula is C14H15F6NO3S. The second-order valence-corrected chi connectivity index (χ2v) is 7.44. The average Bonchev–Trinajstić information content (AvgIpc) is 2.45. The third-order valence-electron chi connectivity index (χ3n) is 3.88. The molecule has 1 aliphatic rings. The van der Waals surface area contributed by atoms with E-state index in [1.165, 1.54) is 0 Å². The highest BCUT2D eigenvalue weighted by atomic mass is 32.2. The first kappa shape index (κ1) is 19.8. The topological polar surface area (TPSA) is 55.4 Å². The Labute approximate surface area is 140 Å². The maximum Gasteiger partial charge on any atom is 0.573 e. The lowest BCUT2D eigenvalue weighted by atomic mass is 9.86. The van der Waals surface area contributed by atoms with Crippen LogP contribution in [0.25, 0.3) is 0 Å². The van der Waals surface area contributed by atoms with Gasteiger partial charge in [0.05, 0.1) is 10.8 Å². The van der Waals surface area contributed by atoms with Crippen molar-refractivity contribution in [1.82, 2.24) is 4.72 Å². The Hall–Kier alpha value is -1.49. The summed E-state index contributed by atoms with van der Waals surface area (Å²) in [5.41, 5.74) is 0. The number of rotatable bonds is 4. The van der Waals surface area contributed by atoms with Gasteiger partial charge in [-0.25, -0.2) is 13.1 Å². The SMILES string of the molecule is O=S(=O)(NC1CCC(C(F)(F)F)CC1)c1ccc(OC(F)(F)F)cc1. The van der Waals surface area contributed by atoms with Crippen molar-refractivity contribution in [2.24, 2.45) is 5.92 Å². The van der Waals surface area contributed by atoms with Crippen LogP contribution in [0.4, 0.5) is 26.3 Å². The number of ether oxygens (including phenoxy) is 1. The van der Waals surface area contributed by atoms with Crippen LogP contribution in [0.3, 0.4) is 0 Å². The van der Waals surface area contributed by atoms with Crippen LogP contribution in [0.15, 0.2) is 29.2 Å². The largest absolute Gasteiger partial charge is 0.573 e. The summed E-state index contributed by atoms with van der Waals surface area (Å²) >= 11 is 0. The highest BCUT2D eigenvalue weighted by Gasteiger charge is 2.42. The Bertz CT molecular complexity index is 676. The molecule has 0 heterocycles. The predicted molar refractivity (Wildman–Crippen MR) is 75.2 cm³/mol. The highest BCUT2D eigenvalue weighted by molar-refractivity contribution is 7.89. The number of nitrogens with one attached hydrogen (secondary N) is 1. The van der Waals surface area contributed by atoms with Gasteiger partial charge in [0.2, 0.25) is 10.0 Å². The highest BCUT2D eigenvalue weighted by Crippen LogP contribution is 2.37. The van der Waals surface area contributed by atoms with Crippen molar-refractivity contribution in [3.05, 3.63) is 24.3 Å². The third-order valence-corrected chi connectivity index (χ3v) is 5.42. The lowest BCUT2D eigenvalue weighted by Crippen LogP contribution is -2.39. The molecule has 0 radical (unpaired) electrons. The minimum Gasteiger partial charge on any atom is -0.406 e. The van der Waals surface area contributed by atoms with Crippen LogP contribution in [0.5, 0.6) is 5.75 Å². The molecule has 4 nitrogen and oxygen atoms in total. The fraction of sp³-hybridized carbons (Fsp3) is 0.571. The minimum atomic E-state index is -4.89. The zero-order chi connectivity index (χ0) is 18.9. The van der Waals surface area contributed by atoms with Gasteiger partial charge in [-0.2, -0.15) is 13.2 Å². The van der Waals surface area contributed by atoms with E-state index in [0.717, 1.165) is 24.3 Å². The molecule has 1 aromatic carbocycles. The van der Waals surface area contributed by atoms with E-state index in [-0.39, 0.29) is 30.6 Å². The molecule has 0 unspecified atom stereocenters. The number of alkyl halides is 6. The molecule has 0 atom stereocenters. The summed E-state index contributed by atoms with van der Waals surface area (Å²) in [7, 11) is -4.04. The van der Waals surface area contributed by atoms with Crippen molar-refractivity contribution < 1.29 is 39.5 Å². The first-order valence-electron chi connectivity index (χ1n) is 7.32. The molecule has 1 saturated carbocycles. The molecule has 2 rings (SSSR count). The molecule has 0 bridgehead atoms. The summed E-state index contributed by atoms with van der Waals surface area (Å²) in [6.07, 6.45) is -9.45. The maximum absolute atomic E-state index is 12.6. The lowest BCUT2D eigenvalue weighted by Gasteiger charge is -2.30. The van der Waals surface area contributed by atoms with Crippen LogP contribution in [0, 0.1) is 5.92 Å². The molecule has 1 N–H and O–H groups in total. The number of hydrogen-bond acceptors (Lipinski definition) is 3. The van der Waals surface area contributed by atoms with Crippen molar-refractivity contribution in [2.75, 3.05) is 0 Å². The van der Waals surface area contributed by atoms with Crippen LogP contribution in [-0.4, -0.2) is 27.0 Å². The van der Waals surface area contributed by atoms with E-state index >= 15 is 0 Å². The summed E-state index contributed by atoms with van der Waals surface area (Å²) in [6.45, 7) is 0. The van der Waals surface area contributed by atoms with Crippen molar-refractivity contribution in [1.29, 1.82) is 0 Å². The normalized spacial score (nSPS) is 22.6. The van der Waals surface area contributed by atoms with Gasteiger partial charge in [0.25, 0.3) is 0 Å². The van der Waals surface area contributed by atoms with Crippen LogP contribution >= 0.6 is 0 Å². The first-order valence-corrected chi connectivity index (χ1v) is 8.80. The molecule has 25 heavy (non-hydrogen) atoms. The van der Waals surface area contributed by atoms with E-state index in [9.17, 15) is 34.8 Å². The third kappa shape index (κ3) is 5.77. The van der Waals surface area contributed by atoms with Gasteiger partial charge in [0, 0.05) is 6.04 Å². The second kappa shape index (κ2) is 7.02. The van der Waals surface area contributed by atoms with Crippen LogP contribution in [0.1, 0.15) is 25.7 Å². The molecule has 142 valence electrons. The predicted octanol–water partition coefficient (Wildman–Crippen LogP) is 3.98. The van der Waals surface area contributed by atoms with Gasteiger partial charge < -0.3 is 4.74 Å². The molecule has 1 aliphatic carbocycles. The zero-order valence-corrected chi connectivity index (χ0v) is 13.5. The average molecular weight is 391 g/mol. The standard InChI is InChI=1S/C14H15F6NO3S/c15-13(16,17)9-1-3-10(4-2-9)21-25(22,23)12-7-5-11(6-8-12)24-14(18,19)20/h5-10,21H,1-4H2. The number of benzene rings is 1. The van der Waals surface area contributed by atoms with Gasteiger partial charge in [0.15, 0.2) is 0 Å². The van der Waals surface area contributed by atoms with E-state index in [4.69, 9.17) is 0 Å². The van der Waals surface area contributed by atoms with Gasteiger partial charge in [-0.15, -0.1) is 13.2 Å².